The normalized spacial score (nSPS) is 12.5. The lowest BCUT2D eigenvalue weighted by atomic mass is 10.1. The van der Waals surface area contributed by atoms with E-state index in [1.165, 1.54) is 0 Å². The fraction of sp³-hybridized carbons (Fsp3) is 0.556. The molecule has 5 heteroatoms. The first-order valence-electron chi connectivity index (χ1n) is 4.70. The Morgan fingerprint density at radius 2 is 2.14 bits per heavy atom. The highest BCUT2D eigenvalue weighted by molar-refractivity contribution is 6.30. The zero-order chi connectivity index (χ0) is 10.4. The quantitative estimate of drug-likeness (QED) is 0.783. The molecule has 1 unspecified atom stereocenters. The van der Waals surface area contributed by atoms with Crippen molar-refractivity contribution in [3.63, 3.8) is 0 Å². The number of hydrogen-bond donors (Lipinski definition) is 2. The van der Waals surface area contributed by atoms with E-state index in [1.807, 2.05) is 0 Å². The van der Waals surface area contributed by atoms with Crippen LogP contribution in [0.3, 0.4) is 0 Å². The summed E-state index contributed by atoms with van der Waals surface area (Å²) in [5.74, 6) is 0.606. The lowest BCUT2D eigenvalue weighted by Crippen LogP contribution is -2.23. The molecule has 78 valence electrons. The Kier molecular flexibility index (Phi) is 4.62. The van der Waals surface area contributed by atoms with Gasteiger partial charge in [0.05, 0.1) is 17.4 Å². The van der Waals surface area contributed by atoms with Crippen molar-refractivity contribution in [3.05, 3.63) is 17.4 Å². The summed E-state index contributed by atoms with van der Waals surface area (Å²) in [6.07, 6.45) is 5.07. The number of halogens is 1. The first kappa shape index (κ1) is 11.2. The number of anilines is 1. The molecule has 0 saturated carbocycles. The van der Waals surface area contributed by atoms with Gasteiger partial charge in [0.1, 0.15) is 0 Å². The van der Waals surface area contributed by atoms with Crippen molar-refractivity contribution < 1.29 is 0 Å². The number of aromatic nitrogens is 2. The molecular formula is C9H15ClN4. The Morgan fingerprint density at radius 1 is 1.50 bits per heavy atom. The zero-order valence-electron chi connectivity index (χ0n) is 8.20. The number of nitrogens with one attached hydrogen (secondary N) is 1. The first-order chi connectivity index (χ1) is 6.76. The van der Waals surface area contributed by atoms with Crippen LogP contribution in [-0.4, -0.2) is 22.6 Å². The fourth-order valence-corrected chi connectivity index (χ4v) is 1.25. The predicted molar refractivity (Wildman–Crippen MR) is 58.4 cm³/mol. The van der Waals surface area contributed by atoms with Crippen LogP contribution in [0.5, 0.6) is 0 Å². The Bertz CT molecular complexity index is 262. The molecule has 14 heavy (non-hydrogen) atoms. The molecule has 0 amide bonds. The number of hydrogen-bond acceptors (Lipinski definition) is 4. The average molecular weight is 215 g/mol. The SMILES string of the molecule is CCC(CCN)Nc1ncc(Cl)cn1. The number of nitrogens with two attached hydrogens (primary N) is 1. The molecule has 0 radical (unpaired) electrons. The minimum atomic E-state index is 0.334. The molecule has 0 aromatic carbocycles. The Labute approximate surface area is 88.9 Å². The van der Waals surface area contributed by atoms with Gasteiger partial charge in [-0.2, -0.15) is 0 Å². The van der Waals surface area contributed by atoms with Gasteiger partial charge >= 0.3 is 0 Å². The lowest BCUT2D eigenvalue weighted by molar-refractivity contribution is 0.636. The maximum atomic E-state index is 5.67. The second kappa shape index (κ2) is 5.78. The molecule has 0 aliphatic carbocycles. The molecule has 3 N–H and O–H groups in total. The van der Waals surface area contributed by atoms with Crippen LogP contribution < -0.4 is 11.1 Å². The molecule has 1 aromatic rings. The van der Waals surface area contributed by atoms with Crippen LogP contribution in [0.15, 0.2) is 12.4 Å². The Balaban J connectivity index is 2.53. The fourth-order valence-electron chi connectivity index (χ4n) is 1.15. The molecule has 1 aromatic heterocycles. The summed E-state index contributed by atoms with van der Waals surface area (Å²) in [4.78, 5) is 8.11. The van der Waals surface area contributed by atoms with Gasteiger partial charge < -0.3 is 11.1 Å². The monoisotopic (exact) mass is 214 g/mol. The largest absolute Gasteiger partial charge is 0.351 e. The summed E-state index contributed by atoms with van der Waals surface area (Å²) in [6, 6.07) is 0.334. The summed E-state index contributed by atoms with van der Waals surface area (Å²) < 4.78 is 0. The molecule has 0 fully saturated rings. The van der Waals surface area contributed by atoms with Crippen LogP contribution in [0.25, 0.3) is 0 Å². The molecule has 4 nitrogen and oxygen atoms in total. The number of nitrogens with zero attached hydrogens (tertiary/aromatic N) is 2. The average Bonchev–Trinajstić information content (AvgIpc) is 2.20. The lowest BCUT2D eigenvalue weighted by Gasteiger charge is -2.15. The van der Waals surface area contributed by atoms with Crippen molar-refractivity contribution in [1.29, 1.82) is 0 Å². The van der Waals surface area contributed by atoms with Crippen molar-refractivity contribution in [1.82, 2.24) is 9.97 Å². The third kappa shape index (κ3) is 3.47. The highest BCUT2D eigenvalue weighted by Crippen LogP contribution is 2.08. The van der Waals surface area contributed by atoms with Gasteiger partial charge in [-0.3, -0.25) is 0 Å². The van der Waals surface area contributed by atoms with Crippen molar-refractivity contribution in [2.45, 2.75) is 25.8 Å². The second-order valence-electron chi connectivity index (χ2n) is 3.05. The van der Waals surface area contributed by atoms with Gasteiger partial charge in [-0.25, -0.2) is 9.97 Å². The van der Waals surface area contributed by atoms with Gasteiger partial charge in [0.15, 0.2) is 0 Å². The third-order valence-electron chi connectivity index (χ3n) is 1.96. The molecular weight excluding hydrogens is 200 g/mol. The van der Waals surface area contributed by atoms with Crippen LogP contribution in [0, 0.1) is 0 Å². The van der Waals surface area contributed by atoms with Gasteiger partial charge in [0.25, 0.3) is 0 Å². The molecule has 1 heterocycles. The Morgan fingerprint density at radius 3 is 2.64 bits per heavy atom. The van der Waals surface area contributed by atoms with Crippen LogP contribution in [0.1, 0.15) is 19.8 Å². The summed E-state index contributed by atoms with van der Waals surface area (Å²) >= 11 is 5.67. The molecule has 1 rings (SSSR count). The van der Waals surface area contributed by atoms with E-state index < -0.39 is 0 Å². The van der Waals surface area contributed by atoms with Crippen LogP contribution in [0.2, 0.25) is 5.02 Å². The molecule has 0 bridgehead atoms. The van der Waals surface area contributed by atoms with E-state index in [-0.39, 0.29) is 0 Å². The smallest absolute Gasteiger partial charge is 0.222 e. The van der Waals surface area contributed by atoms with Crippen molar-refractivity contribution in [2.24, 2.45) is 5.73 Å². The third-order valence-corrected chi connectivity index (χ3v) is 2.16. The van der Waals surface area contributed by atoms with Gasteiger partial charge in [-0.15, -0.1) is 0 Å². The van der Waals surface area contributed by atoms with Gasteiger partial charge in [-0.1, -0.05) is 18.5 Å². The summed E-state index contributed by atoms with van der Waals surface area (Å²) in [5, 5.41) is 3.74. The Hall–Kier alpha value is -0.870. The predicted octanol–water partition coefficient (Wildman–Crippen LogP) is 1.67. The van der Waals surface area contributed by atoms with E-state index in [0.717, 1.165) is 12.8 Å². The highest BCUT2D eigenvalue weighted by atomic mass is 35.5. The van der Waals surface area contributed by atoms with Crippen LogP contribution in [0.4, 0.5) is 5.95 Å². The van der Waals surface area contributed by atoms with Gasteiger partial charge in [-0.05, 0) is 19.4 Å². The maximum Gasteiger partial charge on any atom is 0.222 e. The molecule has 1 atom stereocenters. The van der Waals surface area contributed by atoms with E-state index in [1.54, 1.807) is 12.4 Å². The van der Waals surface area contributed by atoms with Crippen molar-refractivity contribution in [3.8, 4) is 0 Å². The van der Waals surface area contributed by atoms with Gasteiger partial charge in [0.2, 0.25) is 5.95 Å². The molecule has 0 aliphatic rings. The summed E-state index contributed by atoms with van der Waals surface area (Å²) in [5.41, 5.74) is 5.48. The number of rotatable bonds is 5. The molecule has 0 saturated heterocycles. The van der Waals surface area contributed by atoms with Crippen molar-refractivity contribution >= 4 is 17.5 Å². The summed E-state index contributed by atoms with van der Waals surface area (Å²) in [6.45, 7) is 2.77. The second-order valence-corrected chi connectivity index (χ2v) is 3.49. The first-order valence-corrected chi connectivity index (χ1v) is 5.08. The van der Waals surface area contributed by atoms with Gasteiger partial charge in [0, 0.05) is 6.04 Å². The minimum Gasteiger partial charge on any atom is -0.351 e. The minimum absolute atomic E-state index is 0.334. The maximum absolute atomic E-state index is 5.67. The molecule has 0 aliphatic heterocycles. The highest BCUT2D eigenvalue weighted by Gasteiger charge is 2.05. The standard InChI is InChI=1S/C9H15ClN4/c1-2-8(3-4-11)14-9-12-5-7(10)6-13-9/h5-6,8H,2-4,11H2,1H3,(H,12,13,14). The topological polar surface area (TPSA) is 63.8 Å². The summed E-state index contributed by atoms with van der Waals surface area (Å²) in [7, 11) is 0. The van der Waals surface area contributed by atoms with Crippen molar-refractivity contribution in [2.75, 3.05) is 11.9 Å². The van der Waals surface area contributed by atoms with E-state index in [4.69, 9.17) is 17.3 Å². The molecule has 0 spiro atoms. The van der Waals surface area contributed by atoms with E-state index in [2.05, 4.69) is 22.2 Å². The van der Waals surface area contributed by atoms with Crippen LogP contribution >= 0.6 is 11.6 Å². The zero-order valence-corrected chi connectivity index (χ0v) is 8.96. The van der Waals surface area contributed by atoms with E-state index >= 15 is 0 Å². The van der Waals surface area contributed by atoms with E-state index in [9.17, 15) is 0 Å². The van der Waals surface area contributed by atoms with Crippen LogP contribution in [-0.2, 0) is 0 Å². The van der Waals surface area contributed by atoms with E-state index in [0.29, 0.717) is 23.6 Å².